The Morgan fingerprint density at radius 2 is 1.03 bits per heavy atom. The molecule has 0 atom stereocenters. The van der Waals surface area contributed by atoms with Crippen LogP contribution in [-0.4, -0.2) is 116 Å². The summed E-state index contributed by atoms with van der Waals surface area (Å²) in [4.78, 5) is 9.74. The summed E-state index contributed by atoms with van der Waals surface area (Å²) >= 11 is -1.53. The van der Waals surface area contributed by atoms with E-state index in [0.717, 1.165) is 27.1 Å². The van der Waals surface area contributed by atoms with E-state index >= 15 is 0 Å². The molecule has 0 aromatic rings. The standard InChI is InChI=1S/C8H16O2.C5H12O2.C3H6O3.C2H6O4S.C2H6O3S.C2H6O/c1-9-8(10-2)6-4-3-5-7-8;1-5(2,6-3)7-4;1-5-3(4)6-2;1-5-7(3,4)6-2;1-4-6(3)5-2;1-3-2/h3-7H2,1-2H3;1-4H3;1-2H3;1-2H3;1-2H3;1-2H3. The maximum absolute atomic E-state index is 9.92. The number of hydrogen-bond donors (Lipinski definition) is 0. The number of ether oxygens (including phenoxy) is 7. The largest absolute Gasteiger partial charge is 0.507 e. The van der Waals surface area contributed by atoms with Crippen LogP contribution in [0.1, 0.15) is 46.0 Å². The van der Waals surface area contributed by atoms with Gasteiger partial charge in [0, 0.05) is 55.5 Å². The monoisotopic (exact) mass is 620 g/mol. The summed E-state index contributed by atoms with van der Waals surface area (Å²) in [5.41, 5.74) is 0. The molecule has 1 fully saturated rings. The molecule has 0 aliphatic heterocycles. The Morgan fingerprint density at radius 1 is 0.692 bits per heavy atom. The fourth-order valence-corrected chi connectivity index (χ4v) is 2.16. The first-order chi connectivity index (χ1) is 18.1. The number of carbonyl (C=O) groups is 1. The Kier molecular flexibility index (Phi) is 38.6. The molecule has 0 saturated heterocycles. The van der Waals surface area contributed by atoms with Gasteiger partial charge in [-0.25, -0.2) is 4.79 Å². The topological polar surface area (TPSA) is 170 Å². The highest BCUT2D eigenvalue weighted by Gasteiger charge is 2.30. The van der Waals surface area contributed by atoms with Crippen LogP contribution < -0.4 is 0 Å². The summed E-state index contributed by atoms with van der Waals surface area (Å²) in [6, 6.07) is 0. The molecular formula is C22H52O15S2. The Bertz CT molecular complexity index is 587. The van der Waals surface area contributed by atoms with E-state index in [4.69, 9.17) is 18.9 Å². The molecule has 0 unspecified atom stereocenters. The van der Waals surface area contributed by atoms with Crippen molar-refractivity contribution in [2.45, 2.75) is 57.5 Å². The third kappa shape index (κ3) is 37.0. The minimum atomic E-state index is -3.66. The first-order valence-corrected chi connectivity index (χ1v) is 13.5. The van der Waals surface area contributed by atoms with Gasteiger partial charge in [0.2, 0.25) is 0 Å². The molecule has 0 heterocycles. The molecule has 0 N–H and O–H groups in total. The minimum Gasteiger partial charge on any atom is -0.438 e. The van der Waals surface area contributed by atoms with Gasteiger partial charge in [0.1, 0.15) is 0 Å². The molecular weight excluding hydrogens is 568 g/mol. The summed E-state index contributed by atoms with van der Waals surface area (Å²) < 4.78 is 78.3. The second kappa shape index (κ2) is 31.5. The highest BCUT2D eigenvalue weighted by Crippen LogP contribution is 2.31. The number of rotatable bonds is 8. The normalized spacial score (nSPS) is 13.6. The van der Waals surface area contributed by atoms with Crippen LogP contribution >= 0.6 is 0 Å². The Balaban J connectivity index is -0.000000122. The zero-order valence-corrected chi connectivity index (χ0v) is 27.6. The van der Waals surface area contributed by atoms with Gasteiger partial charge in [-0.1, -0.05) is 6.42 Å². The maximum atomic E-state index is 9.92. The summed E-state index contributed by atoms with van der Waals surface area (Å²) in [5.74, 6) is -0.655. The van der Waals surface area contributed by atoms with E-state index in [2.05, 4.69) is 30.9 Å². The molecule has 39 heavy (non-hydrogen) atoms. The van der Waals surface area contributed by atoms with E-state index in [1.807, 2.05) is 13.8 Å². The van der Waals surface area contributed by atoms with Gasteiger partial charge in [0.25, 0.3) is 0 Å². The summed E-state index contributed by atoms with van der Waals surface area (Å²) in [5, 5.41) is 0. The van der Waals surface area contributed by atoms with Gasteiger partial charge >= 0.3 is 27.9 Å². The summed E-state index contributed by atoms with van der Waals surface area (Å²) in [7, 11) is 13.5. The fourth-order valence-electron chi connectivity index (χ4n) is 1.88. The predicted molar refractivity (Wildman–Crippen MR) is 145 cm³/mol. The Labute approximate surface area is 238 Å². The summed E-state index contributed by atoms with van der Waals surface area (Å²) in [6.45, 7) is 3.71. The smallest absolute Gasteiger partial charge is 0.438 e. The van der Waals surface area contributed by atoms with Crippen molar-refractivity contribution in [3.8, 4) is 0 Å². The molecule has 0 aromatic carbocycles. The lowest BCUT2D eigenvalue weighted by molar-refractivity contribution is -0.222. The van der Waals surface area contributed by atoms with Gasteiger partial charge in [-0.15, -0.1) is 0 Å². The van der Waals surface area contributed by atoms with Crippen LogP contribution in [0, 0.1) is 0 Å². The molecule has 1 saturated carbocycles. The van der Waals surface area contributed by atoms with Crippen molar-refractivity contribution in [1.82, 2.24) is 0 Å². The molecule has 242 valence electrons. The lowest BCUT2D eigenvalue weighted by Crippen LogP contribution is -2.35. The van der Waals surface area contributed by atoms with E-state index in [9.17, 15) is 17.4 Å². The second-order valence-corrected chi connectivity index (χ2v) is 9.59. The SMILES string of the molecule is COC.COC(=O)OC.COC(C)(C)OC.COC1(OC)CCCCC1.COS(=O)(=O)OC.COS(=O)OC. The van der Waals surface area contributed by atoms with Crippen LogP contribution in [0.4, 0.5) is 4.79 Å². The second-order valence-electron chi connectivity index (χ2n) is 7.03. The molecule has 17 heteroatoms. The van der Waals surface area contributed by atoms with E-state index in [0.29, 0.717) is 0 Å². The van der Waals surface area contributed by atoms with Crippen LogP contribution in [0.3, 0.4) is 0 Å². The zero-order chi connectivity index (χ0) is 32.0. The van der Waals surface area contributed by atoms with Crippen molar-refractivity contribution in [2.24, 2.45) is 0 Å². The molecule has 0 amide bonds. The van der Waals surface area contributed by atoms with Crippen molar-refractivity contribution in [1.29, 1.82) is 0 Å². The van der Waals surface area contributed by atoms with Crippen LogP contribution in [0.25, 0.3) is 0 Å². The minimum absolute atomic E-state index is 0.238. The lowest BCUT2D eigenvalue weighted by atomic mass is 9.94. The van der Waals surface area contributed by atoms with Gasteiger partial charge in [-0.3, -0.25) is 16.7 Å². The van der Waals surface area contributed by atoms with Crippen molar-refractivity contribution >= 4 is 27.9 Å². The molecule has 15 nitrogen and oxygen atoms in total. The number of carbonyl (C=O) groups excluding carboxylic acids is 1. The van der Waals surface area contributed by atoms with Gasteiger partial charge in [-0.2, -0.15) is 12.6 Å². The van der Waals surface area contributed by atoms with Crippen LogP contribution in [-0.2, 0) is 71.7 Å². The maximum Gasteiger partial charge on any atom is 0.507 e. The molecule has 1 rings (SSSR count). The third-order valence-corrected chi connectivity index (χ3v) is 5.72. The van der Waals surface area contributed by atoms with Crippen molar-refractivity contribution in [3.05, 3.63) is 0 Å². The highest BCUT2D eigenvalue weighted by atomic mass is 32.3. The van der Waals surface area contributed by atoms with E-state index in [1.165, 1.54) is 47.7 Å². The van der Waals surface area contributed by atoms with Gasteiger partial charge in [-0.05, 0) is 26.7 Å². The molecule has 0 radical (unpaired) electrons. The van der Waals surface area contributed by atoms with E-state index in [1.54, 1.807) is 42.7 Å². The highest BCUT2D eigenvalue weighted by molar-refractivity contribution is 7.81. The molecule has 1 aliphatic rings. The zero-order valence-electron chi connectivity index (χ0n) is 26.0. The molecule has 1 aliphatic carbocycles. The quantitative estimate of drug-likeness (QED) is 0.286. The summed E-state index contributed by atoms with van der Waals surface area (Å²) in [6.07, 6.45) is 5.26. The van der Waals surface area contributed by atoms with Crippen molar-refractivity contribution < 1.29 is 67.3 Å². The van der Waals surface area contributed by atoms with Crippen LogP contribution in [0.2, 0.25) is 0 Å². The van der Waals surface area contributed by atoms with Crippen LogP contribution in [0.5, 0.6) is 0 Å². The van der Waals surface area contributed by atoms with Gasteiger partial charge in [0.15, 0.2) is 11.6 Å². The Morgan fingerprint density at radius 3 is 1.10 bits per heavy atom. The lowest BCUT2D eigenvalue weighted by Gasteiger charge is -2.34. The average Bonchev–Trinajstić information content (AvgIpc) is 2.98. The van der Waals surface area contributed by atoms with E-state index in [-0.39, 0.29) is 5.79 Å². The van der Waals surface area contributed by atoms with Gasteiger partial charge < -0.3 is 33.2 Å². The van der Waals surface area contributed by atoms with E-state index < -0.39 is 33.7 Å². The third-order valence-electron chi connectivity index (χ3n) is 4.36. The molecule has 0 spiro atoms. The van der Waals surface area contributed by atoms with Crippen LogP contribution in [0.15, 0.2) is 0 Å². The average molecular weight is 621 g/mol. The van der Waals surface area contributed by atoms with Crippen molar-refractivity contribution in [3.63, 3.8) is 0 Å². The fraction of sp³-hybridized carbons (Fsp3) is 0.955. The molecule has 0 bridgehead atoms. The number of hydrogen-bond acceptors (Lipinski definition) is 15. The Hall–Kier alpha value is -0.990. The predicted octanol–water partition coefficient (Wildman–Crippen LogP) is 3.00. The first kappa shape index (κ1) is 47.8. The van der Waals surface area contributed by atoms with Crippen molar-refractivity contribution in [2.75, 3.05) is 85.3 Å². The molecule has 0 aromatic heterocycles. The number of methoxy groups -OCH3 is 7. The van der Waals surface area contributed by atoms with Gasteiger partial charge in [0.05, 0.1) is 42.7 Å². The first-order valence-electron chi connectivity index (χ1n) is 11.2.